The van der Waals surface area contributed by atoms with Crippen LogP contribution in [0.15, 0.2) is 58.4 Å². The number of nitrogens with one attached hydrogen (secondary N) is 1. The number of hydrogen-bond acceptors (Lipinski definition) is 4. The molecular formula is C23H26N4O2S. The number of piperidine rings is 1. The van der Waals surface area contributed by atoms with Crippen molar-refractivity contribution in [2.45, 2.75) is 31.5 Å². The van der Waals surface area contributed by atoms with Crippen molar-refractivity contribution in [1.82, 2.24) is 20.0 Å². The minimum atomic E-state index is -0.342. The van der Waals surface area contributed by atoms with E-state index in [0.29, 0.717) is 6.54 Å². The molecule has 1 unspecified atom stereocenters. The zero-order valence-electron chi connectivity index (χ0n) is 17.1. The molecule has 1 N–H and O–H groups in total. The largest absolute Gasteiger partial charge is 0.330 e. The fraction of sp³-hybridized carbons (Fsp3) is 0.391. The monoisotopic (exact) mass is 422 g/mol. The summed E-state index contributed by atoms with van der Waals surface area (Å²) in [5.41, 5.74) is 3.91. The number of thiophene rings is 1. The van der Waals surface area contributed by atoms with Crippen LogP contribution in [0.4, 0.5) is 4.79 Å². The zero-order valence-corrected chi connectivity index (χ0v) is 17.9. The molecule has 3 amide bonds. The fourth-order valence-corrected chi connectivity index (χ4v) is 5.49. The Morgan fingerprint density at radius 2 is 1.87 bits per heavy atom. The summed E-state index contributed by atoms with van der Waals surface area (Å²) in [5.74, 6) is 0.0783. The van der Waals surface area contributed by atoms with Gasteiger partial charge in [0.05, 0.1) is 23.9 Å². The number of likely N-dealkylation sites (tertiary alicyclic amines) is 1. The smallest absolute Gasteiger partial charge is 0.322 e. The molecule has 6 nitrogen and oxygen atoms in total. The van der Waals surface area contributed by atoms with Gasteiger partial charge in [0.1, 0.15) is 0 Å². The second-order valence-corrected chi connectivity index (χ2v) is 9.06. The highest BCUT2D eigenvalue weighted by atomic mass is 32.1. The lowest BCUT2D eigenvalue weighted by Crippen LogP contribution is -2.46. The first kappa shape index (κ1) is 19.3. The lowest BCUT2D eigenvalue weighted by molar-refractivity contribution is -0.128. The molecule has 1 aromatic carbocycles. The topological polar surface area (TPSA) is 55.9 Å². The van der Waals surface area contributed by atoms with E-state index in [2.05, 4.69) is 34.5 Å². The molecule has 1 fully saturated rings. The Kier molecular flexibility index (Phi) is 5.08. The Hall–Kier alpha value is -2.64. The molecule has 1 aromatic heterocycles. The molecule has 0 bridgehead atoms. The van der Waals surface area contributed by atoms with Gasteiger partial charge in [0.2, 0.25) is 0 Å². The van der Waals surface area contributed by atoms with E-state index >= 15 is 0 Å². The molecule has 4 heterocycles. The summed E-state index contributed by atoms with van der Waals surface area (Å²) in [4.78, 5) is 32.0. The number of likely N-dealkylation sites (N-methyl/N-ethyl adjacent to an activating group) is 1. The van der Waals surface area contributed by atoms with Crippen LogP contribution in [0.5, 0.6) is 0 Å². The Labute approximate surface area is 180 Å². The molecule has 3 aliphatic heterocycles. The number of hydrogen-bond donors (Lipinski definition) is 1. The number of benzene rings is 1. The van der Waals surface area contributed by atoms with Crippen molar-refractivity contribution in [3.63, 3.8) is 0 Å². The van der Waals surface area contributed by atoms with Crippen LogP contribution in [-0.4, -0.2) is 59.4 Å². The van der Waals surface area contributed by atoms with E-state index in [1.807, 2.05) is 27.8 Å². The second-order valence-electron chi connectivity index (χ2n) is 8.28. The Morgan fingerprint density at radius 1 is 1.10 bits per heavy atom. The van der Waals surface area contributed by atoms with Gasteiger partial charge in [-0.05, 0) is 40.8 Å². The average Bonchev–Trinajstić information content (AvgIpc) is 3.41. The molecule has 1 atom stereocenters. The van der Waals surface area contributed by atoms with E-state index in [9.17, 15) is 9.59 Å². The van der Waals surface area contributed by atoms with E-state index in [1.165, 1.54) is 5.56 Å². The predicted octanol–water partition coefficient (Wildman–Crippen LogP) is 3.21. The number of carbonyl (C=O) groups is 2. The Morgan fingerprint density at radius 3 is 2.57 bits per heavy atom. The zero-order chi connectivity index (χ0) is 20.7. The maximum absolute atomic E-state index is 13.4. The maximum atomic E-state index is 13.4. The summed E-state index contributed by atoms with van der Waals surface area (Å²) in [5, 5.41) is 7.01. The fourth-order valence-electron chi connectivity index (χ4n) is 4.80. The first-order chi connectivity index (χ1) is 14.6. The predicted molar refractivity (Wildman–Crippen MR) is 117 cm³/mol. The quantitative estimate of drug-likeness (QED) is 0.823. The first-order valence-electron chi connectivity index (χ1n) is 10.5. The van der Waals surface area contributed by atoms with E-state index in [1.54, 1.807) is 23.3 Å². The maximum Gasteiger partial charge on any atom is 0.322 e. The lowest BCUT2D eigenvalue weighted by atomic mass is 9.97. The molecule has 1 saturated heterocycles. The molecule has 0 spiro atoms. The van der Waals surface area contributed by atoms with Crippen LogP contribution in [0.3, 0.4) is 0 Å². The number of urea groups is 1. The van der Waals surface area contributed by atoms with Crippen LogP contribution < -0.4 is 5.32 Å². The number of nitrogens with zero attached hydrogens (tertiary/aromatic N) is 3. The Bertz CT molecular complexity index is 964. The molecule has 0 saturated carbocycles. The summed E-state index contributed by atoms with van der Waals surface area (Å²) < 4.78 is 0. The molecule has 0 radical (unpaired) electrons. The van der Waals surface area contributed by atoms with Crippen molar-refractivity contribution in [3.8, 4) is 0 Å². The van der Waals surface area contributed by atoms with Crippen molar-refractivity contribution in [2.24, 2.45) is 0 Å². The van der Waals surface area contributed by atoms with Gasteiger partial charge < -0.3 is 10.2 Å². The van der Waals surface area contributed by atoms with Crippen molar-refractivity contribution < 1.29 is 9.59 Å². The summed E-state index contributed by atoms with van der Waals surface area (Å²) in [6.07, 6.45) is 1.93. The van der Waals surface area contributed by atoms with Gasteiger partial charge in [-0.2, -0.15) is 11.3 Å². The van der Waals surface area contributed by atoms with E-state index in [0.717, 1.165) is 49.3 Å². The third kappa shape index (κ3) is 3.42. The molecule has 156 valence electrons. The van der Waals surface area contributed by atoms with Gasteiger partial charge in [-0.1, -0.05) is 30.3 Å². The molecule has 7 heteroatoms. The molecule has 30 heavy (non-hydrogen) atoms. The third-order valence-corrected chi connectivity index (χ3v) is 7.21. The highest BCUT2D eigenvalue weighted by Crippen LogP contribution is 2.38. The van der Waals surface area contributed by atoms with Crippen molar-refractivity contribution >= 4 is 23.3 Å². The lowest BCUT2D eigenvalue weighted by Gasteiger charge is -2.37. The standard InChI is InChI=1S/C23H26N4O2S/c1-25-19-14-27(18-7-10-26(11-8-18)13-16-5-3-2-4-6-16)22(28)20(19)21(24-23(25)29)17-9-12-30-15-17/h2-6,9,12,15,18,21H,7-8,10-11,13-14H2,1H3,(H,24,29). The number of rotatable bonds is 4. The van der Waals surface area contributed by atoms with Crippen LogP contribution >= 0.6 is 11.3 Å². The van der Waals surface area contributed by atoms with Crippen LogP contribution in [0, 0.1) is 0 Å². The molecule has 0 aliphatic carbocycles. The number of carbonyl (C=O) groups excluding carboxylic acids is 2. The van der Waals surface area contributed by atoms with Crippen LogP contribution in [-0.2, 0) is 11.3 Å². The van der Waals surface area contributed by atoms with E-state index in [-0.39, 0.29) is 24.0 Å². The summed E-state index contributed by atoms with van der Waals surface area (Å²) in [6.45, 7) is 3.45. The van der Waals surface area contributed by atoms with Crippen LogP contribution in [0.1, 0.15) is 30.0 Å². The third-order valence-electron chi connectivity index (χ3n) is 6.51. The van der Waals surface area contributed by atoms with Crippen molar-refractivity contribution in [1.29, 1.82) is 0 Å². The summed E-state index contributed by atoms with van der Waals surface area (Å²) in [6, 6.07) is 12.3. The first-order valence-corrected chi connectivity index (χ1v) is 11.4. The van der Waals surface area contributed by atoms with Crippen LogP contribution in [0.25, 0.3) is 0 Å². The minimum Gasteiger partial charge on any atom is -0.330 e. The van der Waals surface area contributed by atoms with Gasteiger partial charge in [0.25, 0.3) is 5.91 Å². The SMILES string of the molecule is CN1C(=O)NC(c2ccsc2)C2=C1CN(C1CCN(Cc3ccccc3)CC1)C2=O. The van der Waals surface area contributed by atoms with Gasteiger partial charge in [-0.3, -0.25) is 14.6 Å². The van der Waals surface area contributed by atoms with E-state index < -0.39 is 0 Å². The van der Waals surface area contributed by atoms with Crippen molar-refractivity contribution in [3.05, 3.63) is 69.6 Å². The second kappa shape index (κ2) is 7.89. The normalized spacial score (nSPS) is 23.2. The summed E-state index contributed by atoms with van der Waals surface area (Å²) >= 11 is 1.58. The average molecular weight is 423 g/mol. The Balaban J connectivity index is 1.29. The van der Waals surface area contributed by atoms with Crippen molar-refractivity contribution in [2.75, 3.05) is 26.7 Å². The van der Waals surface area contributed by atoms with Gasteiger partial charge in [0.15, 0.2) is 0 Å². The molecule has 5 rings (SSSR count). The highest BCUT2D eigenvalue weighted by Gasteiger charge is 2.45. The molecular weight excluding hydrogens is 396 g/mol. The molecule has 2 aromatic rings. The van der Waals surface area contributed by atoms with Gasteiger partial charge in [-0.25, -0.2) is 4.79 Å². The van der Waals surface area contributed by atoms with Gasteiger partial charge in [0, 0.05) is 32.7 Å². The molecule has 3 aliphatic rings. The highest BCUT2D eigenvalue weighted by molar-refractivity contribution is 7.08. The summed E-state index contributed by atoms with van der Waals surface area (Å²) in [7, 11) is 1.76. The van der Waals surface area contributed by atoms with E-state index in [4.69, 9.17) is 0 Å². The van der Waals surface area contributed by atoms with Crippen LogP contribution in [0.2, 0.25) is 0 Å². The van der Waals surface area contributed by atoms with Gasteiger partial charge in [-0.15, -0.1) is 0 Å². The number of amides is 3. The minimum absolute atomic E-state index is 0.0783. The van der Waals surface area contributed by atoms with Gasteiger partial charge >= 0.3 is 6.03 Å².